The minimum absolute atomic E-state index is 0.0644. The average Bonchev–Trinajstić information content (AvgIpc) is 2.35. The molecular formula is C15H18N2O. The molecule has 0 atom stereocenters. The zero-order chi connectivity index (χ0) is 13.3. The summed E-state index contributed by atoms with van der Waals surface area (Å²) in [4.78, 5) is 19.0. The van der Waals surface area contributed by atoms with Gasteiger partial charge < -0.3 is 4.98 Å². The van der Waals surface area contributed by atoms with Crippen LogP contribution in [0.25, 0.3) is 11.4 Å². The van der Waals surface area contributed by atoms with Gasteiger partial charge in [-0.15, -0.1) is 0 Å². The van der Waals surface area contributed by atoms with Gasteiger partial charge in [-0.05, 0) is 25.3 Å². The van der Waals surface area contributed by atoms with Gasteiger partial charge in [0.05, 0.1) is 0 Å². The molecule has 0 saturated heterocycles. The molecule has 94 valence electrons. The van der Waals surface area contributed by atoms with Crippen LogP contribution in [-0.4, -0.2) is 9.97 Å². The van der Waals surface area contributed by atoms with Crippen molar-refractivity contribution in [1.29, 1.82) is 0 Å². The number of hydrogen-bond acceptors (Lipinski definition) is 2. The van der Waals surface area contributed by atoms with Gasteiger partial charge in [-0.25, -0.2) is 4.98 Å². The number of benzene rings is 1. The summed E-state index contributed by atoms with van der Waals surface area (Å²) in [7, 11) is 0. The van der Waals surface area contributed by atoms with E-state index in [1.807, 2.05) is 19.1 Å². The third-order valence-corrected chi connectivity index (χ3v) is 3.25. The third-order valence-electron chi connectivity index (χ3n) is 3.25. The number of H-pyrrole nitrogens is 1. The zero-order valence-corrected chi connectivity index (χ0v) is 11.2. The molecule has 3 heteroatoms. The Morgan fingerprint density at radius 2 is 1.72 bits per heavy atom. The van der Waals surface area contributed by atoms with E-state index in [2.05, 4.69) is 35.9 Å². The Morgan fingerprint density at radius 1 is 1.11 bits per heavy atom. The van der Waals surface area contributed by atoms with Crippen molar-refractivity contribution >= 4 is 0 Å². The van der Waals surface area contributed by atoms with Crippen molar-refractivity contribution in [2.24, 2.45) is 0 Å². The topological polar surface area (TPSA) is 45.8 Å². The summed E-state index contributed by atoms with van der Waals surface area (Å²) in [5.74, 6) is 1.14. The van der Waals surface area contributed by atoms with Gasteiger partial charge in [0.15, 0.2) is 0 Å². The molecule has 0 fully saturated rings. The standard InChI is InChI=1S/C15H18N2O/c1-9(2)12-5-7-13(8-6-12)14-16-11(4)10(3)15(18)17-14/h5-9H,1-4H3,(H,16,17,18). The SMILES string of the molecule is Cc1nc(-c2ccc(C(C)C)cc2)[nH]c(=O)c1C. The second-order valence-corrected chi connectivity index (χ2v) is 4.90. The smallest absolute Gasteiger partial charge is 0.254 e. The highest BCUT2D eigenvalue weighted by Gasteiger charge is 2.06. The van der Waals surface area contributed by atoms with Crippen LogP contribution in [0.15, 0.2) is 29.1 Å². The van der Waals surface area contributed by atoms with Crippen LogP contribution in [0, 0.1) is 13.8 Å². The molecule has 0 radical (unpaired) electrons. The van der Waals surface area contributed by atoms with Gasteiger partial charge in [0, 0.05) is 16.8 Å². The Balaban J connectivity index is 2.46. The van der Waals surface area contributed by atoms with E-state index in [-0.39, 0.29) is 5.56 Å². The lowest BCUT2D eigenvalue weighted by molar-refractivity contribution is 0.866. The molecule has 0 aliphatic carbocycles. The Labute approximate surface area is 107 Å². The fourth-order valence-corrected chi connectivity index (χ4v) is 1.81. The molecule has 0 aliphatic heterocycles. The first-order chi connectivity index (χ1) is 8.49. The molecule has 0 bridgehead atoms. The Kier molecular flexibility index (Phi) is 3.32. The first-order valence-electron chi connectivity index (χ1n) is 6.17. The highest BCUT2D eigenvalue weighted by Crippen LogP contribution is 2.19. The molecular weight excluding hydrogens is 224 g/mol. The van der Waals surface area contributed by atoms with Crippen LogP contribution >= 0.6 is 0 Å². The van der Waals surface area contributed by atoms with Crippen molar-refractivity contribution in [3.8, 4) is 11.4 Å². The first kappa shape index (κ1) is 12.6. The van der Waals surface area contributed by atoms with Gasteiger partial charge in [0.2, 0.25) is 0 Å². The van der Waals surface area contributed by atoms with Crippen LogP contribution in [0.3, 0.4) is 0 Å². The minimum Gasteiger partial charge on any atom is -0.306 e. The molecule has 2 aromatic rings. The summed E-state index contributed by atoms with van der Waals surface area (Å²) in [5, 5.41) is 0. The lowest BCUT2D eigenvalue weighted by atomic mass is 10.0. The summed E-state index contributed by atoms with van der Waals surface area (Å²) >= 11 is 0. The number of aromatic amines is 1. The van der Waals surface area contributed by atoms with E-state index in [0.29, 0.717) is 17.3 Å². The van der Waals surface area contributed by atoms with Crippen LogP contribution in [0.2, 0.25) is 0 Å². The van der Waals surface area contributed by atoms with E-state index in [1.54, 1.807) is 6.92 Å². The molecule has 3 nitrogen and oxygen atoms in total. The average molecular weight is 242 g/mol. The second-order valence-electron chi connectivity index (χ2n) is 4.90. The van der Waals surface area contributed by atoms with Crippen LogP contribution in [0.1, 0.15) is 36.6 Å². The normalized spacial score (nSPS) is 10.9. The molecule has 0 spiro atoms. The summed E-state index contributed by atoms with van der Waals surface area (Å²) < 4.78 is 0. The quantitative estimate of drug-likeness (QED) is 0.879. The van der Waals surface area contributed by atoms with Gasteiger partial charge in [-0.2, -0.15) is 0 Å². The maximum absolute atomic E-state index is 11.7. The van der Waals surface area contributed by atoms with E-state index in [0.717, 1.165) is 11.3 Å². The van der Waals surface area contributed by atoms with Crippen LogP contribution < -0.4 is 5.56 Å². The van der Waals surface area contributed by atoms with Crippen molar-refractivity contribution < 1.29 is 0 Å². The van der Waals surface area contributed by atoms with Gasteiger partial charge in [0.25, 0.3) is 5.56 Å². The molecule has 18 heavy (non-hydrogen) atoms. The van der Waals surface area contributed by atoms with Gasteiger partial charge in [0.1, 0.15) is 5.82 Å². The van der Waals surface area contributed by atoms with E-state index < -0.39 is 0 Å². The summed E-state index contributed by atoms with van der Waals surface area (Å²) in [6, 6.07) is 8.16. The fraction of sp³-hybridized carbons (Fsp3) is 0.333. The van der Waals surface area contributed by atoms with Crippen LogP contribution in [0.5, 0.6) is 0 Å². The molecule has 0 saturated carbocycles. The molecule has 1 N–H and O–H groups in total. The minimum atomic E-state index is -0.0644. The largest absolute Gasteiger partial charge is 0.306 e. The van der Waals surface area contributed by atoms with Crippen LogP contribution in [0.4, 0.5) is 0 Å². The van der Waals surface area contributed by atoms with Crippen LogP contribution in [-0.2, 0) is 0 Å². The van der Waals surface area contributed by atoms with Crippen molar-refractivity contribution in [2.45, 2.75) is 33.6 Å². The lowest BCUT2D eigenvalue weighted by Crippen LogP contribution is -2.14. The number of hydrogen-bond donors (Lipinski definition) is 1. The Bertz CT molecular complexity index is 609. The monoisotopic (exact) mass is 242 g/mol. The number of aryl methyl sites for hydroxylation is 1. The van der Waals surface area contributed by atoms with E-state index in [4.69, 9.17) is 0 Å². The highest BCUT2D eigenvalue weighted by molar-refractivity contribution is 5.55. The molecule has 1 heterocycles. The van der Waals surface area contributed by atoms with E-state index >= 15 is 0 Å². The molecule has 0 aliphatic rings. The van der Waals surface area contributed by atoms with E-state index in [9.17, 15) is 4.79 Å². The maximum Gasteiger partial charge on any atom is 0.254 e. The number of aromatic nitrogens is 2. The predicted molar refractivity (Wildman–Crippen MR) is 73.9 cm³/mol. The molecule has 0 unspecified atom stereocenters. The lowest BCUT2D eigenvalue weighted by Gasteiger charge is -2.07. The van der Waals surface area contributed by atoms with Crippen molar-refractivity contribution in [3.05, 3.63) is 51.4 Å². The highest BCUT2D eigenvalue weighted by atomic mass is 16.1. The summed E-state index contributed by atoms with van der Waals surface area (Å²) in [6.45, 7) is 7.96. The Morgan fingerprint density at radius 3 is 2.22 bits per heavy atom. The maximum atomic E-state index is 11.7. The predicted octanol–water partition coefficient (Wildman–Crippen LogP) is 3.18. The van der Waals surface area contributed by atoms with Gasteiger partial charge >= 0.3 is 0 Å². The van der Waals surface area contributed by atoms with Crippen molar-refractivity contribution in [1.82, 2.24) is 9.97 Å². The molecule has 1 aromatic carbocycles. The number of nitrogens with one attached hydrogen (secondary N) is 1. The second kappa shape index (κ2) is 4.77. The number of rotatable bonds is 2. The van der Waals surface area contributed by atoms with E-state index in [1.165, 1.54) is 5.56 Å². The molecule has 0 amide bonds. The van der Waals surface area contributed by atoms with Crippen molar-refractivity contribution in [3.63, 3.8) is 0 Å². The summed E-state index contributed by atoms with van der Waals surface area (Å²) in [6.07, 6.45) is 0. The third kappa shape index (κ3) is 2.35. The molecule has 1 aromatic heterocycles. The van der Waals surface area contributed by atoms with Crippen molar-refractivity contribution in [2.75, 3.05) is 0 Å². The number of nitrogens with zero attached hydrogens (tertiary/aromatic N) is 1. The molecule has 2 rings (SSSR count). The Hall–Kier alpha value is -1.90. The fourth-order valence-electron chi connectivity index (χ4n) is 1.81. The van der Waals surface area contributed by atoms with Gasteiger partial charge in [-0.1, -0.05) is 38.1 Å². The zero-order valence-electron chi connectivity index (χ0n) is 11.2. The van der Waals surface area contributed by atoms with Gasteiger partial charge in [-0.3, -0.25) is 4.79 Å². The summed E-state index contributed by atoms with van der Waals surface area (Å²) in [5.41, 5.74) is 3.62. The first-order valence-corrected chi connectivity index (χ1v) is 6.17.